The van der Waals surface area contributed by atoms with Gasteiger partial charge in [-0.2, -0.15) is 0 Å². The van der Waals surface area contributed by atoms with E-state index in [-0.39, 0.29) is 28.5 Å². The van der Waals surface area contributed by atoms with E-state index in [1.807, 2.05) is 13.8 Å². The number of aromatic nitrogens is 1. The van der Waals surface area contributed by atoms with Crippen molar-refractivity contribution < 1.29 is 22.7 Å². The molecule has 1 heterocycles. The van der Waals surface area contributed by atoms with Gasteiger partial charge in [-0.3, -0.25) is 9.59 Å². The first-order valence-corrected chi connectivity index (χ1v) is 11.4. The van der Waals surface area contributed by atoms with Crippen LogP contribution in [0.2, 0.25) is 0 Å². The van der Waals surface area contributed by atoms with Crippen molar-refractivity contribution in [2.45, 2.75) is 38.1 Å². The van der Waals surface area contributed by atoms with Gasteiger partial charge in [-0.25, -0.2) is 12.4 Å². The van der Waals surface area contributed by atoms with Gasteiger partial charge in [0.2, 0.25) is 5.91 Å². The highest BCUT2D eigenvalue weighted by Gasteiger charge is 2.44. The number of hydrogen-bond donors (Lipinski definition) is 1. The average Bonchev–Trinajstić information content (AvgIpc) is 3.40. The molecule has 162 valence electrons. The van der Waals surface area contributed by atoms with E-state index < -0.39 is 10.0 Å². The van der Waals surface area contributed by atoms with Gasteiger partial charge >= 0.3 is 0 Å². The lowest BCUT2D eigenvalue weighted by Crippen LogP contribution is -2.31. The zero-order chi connectivity index (χ0) is 22.4. The Labute approximate surface area is 181 Å². The fourth-order valence-corrected chi connectivity index (χ4v) is 5.11. The minimum atomic E-state index is -3.96. The maximum absolute atomic E-state index is 13.6. The van der Waals surface area contributed by atoms with Crippen molar-refractivity contribution in [3.05, 3.63) is 59.3 Å². The summed E-state index contributed by atoms with van der Waals surface area (Å²) < 4.78 is 33.7. The van der Waals surface area contributed by atoms with Crippen LogP contribution in [0.15, 0.2) is 47.4 Å². The number of hydrogen-bond acceptors (Lipinski definition) is 5. The lowest BCUT2D eigenvalue weighted by molar-refractivity contribution is -0.125. The normalized spacial score (nSPS) is 14.9. The summed E-state index contributed by atoms with van der Waals surface area (Å²) >= 11 is 0. The Hall–Kier alpha value is -3.13. The summed E-state index contributed by atoms with van der Waals surface area (Å²) in [5, 5.41) is 3.44. The van der Waals surface area contributed by atoms with Crippen LogP contribution in [-0.2, 0) is 21.4 Å². The standard InChI is InChI=1S/C23H24N2O5S/c1-15-4-6-19(7-5-15)31(28,29)25-18(13-24-22(27)23(2)8-9-23)11-16-10-17(14-26)21(30-3)12-20(16)25/h4-7,10-12,14H,8-9,13H2,1-3H3,(H,24,27). The van der Waals surface area contributed by atoms with Crippen molar-refractivity contribution in [2.24, 2.45) is 5.41 Å². The smallest absolute Gasteiger partial charge is 0.268 e. The predicted molar refractivity (Wildman–Crippen MR) is 117 cm³/mol. The number of amides is 1. The molecule has 1 saturated carbocycles. The second-order valence-corrected chi connectivity index (χ2v) is 10.0. The molecule has 1 amide bonds. The lowest BCUT2D eigenvalue weighted by Gasteiger charge is -2.15. The SMILES string of the molecule is COc1cc2c(cc1C=O)cc(CNC(=O)C1(C)CC1)n2S(=O)(=O)c1ccc(C)cc1. The Kier molecular flexibility index (Phi) is 5.13. The molecular formula is C23H24N2O5S. The highest BCUT2D eigenvalue weighted by atomic mass is 32.2. The number of ether oxygens (including phenoxy) is 1. The van der Waals surface area contributed by atoms with Crippen LogP contribution in [0, 0.1) is 12.3 Å². The third kappa shape index (κ3) is 3.72. The van der Waals surface area contributed by atoms with Crippen molar-refractivity contribution in [1.82, 2.24) is 9.29 Å². The lowest BCUT2D eigenvalue weighted by atomic mass is 10.1. The van der Waals surface area contributed by atoms with Crippen molar-refractivity contribution in [3.63, 3.8) is 0 Å². The van der Waals surface area contributed by atoms with E-state index in [1.54, 1.807) is 42.5 Å². The Morgan fingerprint density at radius 1 is 1.19 bits per heavy atom. The molecular weight excluding hydrogens is 416 g/mol. The maximum atomic E-state index is 13.6. The maximum Gasteiger partial charge on any atom is 0.268 e. The number of aryl methyl sites for hydroxylation is 1. The van der Waals surface area contributed by atoms with Gasteiger partial charge < -0.3 is 10.1 Å². The number of rotatable bonds is 7. The third-order valence-corrected chi connectivity index (χ3v) is 7.63. The molecule has 1 aromatic heterocycles. The molecule has 3 aromatic rings. The molecule has 8 heteroatoms. The molecule has 4 rings (SSSR count). The molecule has 0 unspecified atom stereocenters. The van der Waals surface area contributed by atoms with Crippen LogP contribution >= 0.6 is 0 Å². The van der Waals surface area contributed by atoms with Crippen LogP contribution in [-0.4, -0.2) is 31.7 Å². The minimum Gasteiger partial charge on any atom is -0.496 e. The Balaban J connectivity index is 1.87. The van der Waals surface area contributed by atoms with Crippen molar-refractivity contribution in [1.29, 1.82) is 0 Å². The van der Waals surface area contributed by atoms with E-state index >= 15 is 0 Å². The zero-order valence-electron chi connectivity index (χ0n) is 17.6. The highest BCUT2D eigenvalue weighted by Crippen LogP contribution is 2.45. The average molecular weight is 441 g/mol. The second kappa shape index (κ2) is 7.53. The second-order valence-electron chi connectivity index (χ2n) is 8.23. The van der Waals surface area contributed by atoms with Gasteiger partial charge in [0.15, 0.2) is 6.29 Å². The summed E-state index contributed by atoms with van der Waals surface area (Å²) in [4.78, 5) is 24.0. The van der Waals surface area contributed by atoms with Gasteiger partial charge in [0, 0.05) is 16.9 Å². The summed E-state index contributed by atoms with van der Waals surface area (Å²) in [5.74, 6) is 0.185. The van der Waals surface area contributed by atoms with E-state index in [9.17, 15) is 18.0 Å². The first kappa shape index (κ1) is 21.1. The minimum absolute atomic E-state index is 0.0485. The van der Waals surface area contributed by atoms with Gasteiger partial charge in [0.1, 0.15) is 5.75 Å². The van der Waals surface area contributed by atoms with Gasteiger partial charge in [0.05, 0.1) is 35.3 Å². The Morgan fingerprint density at radius 3 is 2.45 bits per heavy atom. The third-order valence-electron chi connectivity index (χ3n) is 5.85. The summed E-state index contributed by atoms with van der Waals surface area (Å²) in [6.45, 7) is 3.82. The van der Waals surface area contributed by atoms with Crippen molar-refractivity contribution >= 4 is 33.1 Å². The molecule has 1 N–H and O–H groups in total. The fraction of sp³-hybridized carbons (Fsp3) is 0.304. The van der Waals surface area contributed by atoms with E-state index in [2.05, 4.69) is 5.32 Å². The molecule has 0 bridgehead atoms. The highest BCUT2D eigenvalue weighted by molar-refractivity contribution is 7.90. The molecule has 31 heavy (non-hydrogen) atoms. The molecule has 0 radical (unpaired) electrons. The summed E-state index contributed by atoms with van der Waals surface area (Å²) in [7, 11) is -2.54. The molecule has 0 spiro atoms. The molecule has 0 aliphatic heterocycles. The largest absolute Gasteiger partial charge is 0.496 e. The van der Waals surface area contributed by atoms with Gasteiger partial charge in [-0.05, 0) is 44.0 Å². The van der Waals surface area contributed by atoms with Crippen LogP contribution in [0.25, 0.3) is 10.9 Å². The van der Waals surface area contributed by atoms with Gasteiger partial charge in [-0.1, -0.05) is 24.6 Å². The Bertz CT molecular complexity index is 1290. The summed E-state index contributed by atoms with van der Waals surface area (Å²) in [6.07, 6.45) is 2.31. The molecule has 1 fully saturated rings. The van der Waals surface area contributed by atoms with E-state index in [1.165, 1.54) is 11.1 Å². The molecule has 0 saturated heterocycles. The van der Waals surface area contributed by atoms with Crippen LogP contribution < -0.4 is 10.1 Å². The van der Waals surface area contributed by atoms with Crippen molar-refractivity contribution in [3.8, 4) is 5.75 Å². The van der Waals surface area contributed by atoms with Crippen LogP contribution in [0.5, 0.6) is 5.75 Å². The first-order valence-electron chi connectivity index (χ1n) is 9.98. The molecule has 7 nitrogen and oxygen atoms in total. The molecule has 1 aliphatic rings. The quantitative estimate of drug-likeness (QED) is 0.568. The van der Waals surface area contributed by atoms with Gasteiger partial charge in [0.25, 0.3) is 10.0 Å². The number of nitrogens with one attached hydrogen (secondary N) is 1. The molecule has 1 aliphatic carbocycles. The zero-order valence-corrected chi connectivity index (χ0v) is 18.5. The predicted octanol–water partition coefficient (Wildman–Crippen LogP) is 3.42. The van der Waals surface area contributed by atoms with Crippen molar-refractivity contribution in [2.75, 3.05) is 7.11 Å². The number of nitrogens with zero attached hydrogens (tertiary/aromatic N) is 1. The van der Waals surface area contributed by atoms with Crippen LogP contribution in [0.1, 0.15) is 41.4 Å². The fourth-order valence-electron chi connectivity index (χ4n) is 3.58. The number of aldehydes is 1. The van der Waals surface area contributed by atoms with Gasteiger partial charge in [-0.15, -0.1) is 0 Å². The Morgan fingerprint density at radius 2 is 1.87 bits per heavy atom. The number of carbonyl (C=O) groups is 2. The van der Waals surface area contributed by atoms with Crippen LogP contribution in [0.3, 0.4) is 0 Å². The van der Waals surface area contributed by atoms with Crippen LogP contribution in [0.4, 0.5) is 0 Å². The summed E-state index contributed by atoms with van der Waals surface area (Å²) in [5.41, 5.74) is 1.67. The number of fused-ring (bicyclic) bond motifs is 1. The number of carbonyl (C=O) groups excluding carboxylic acids is 2. The summed E-state index contributed by atoms with van der Waals surface area (Å²) in [6, 6.07) is 11.4. The molecule has 0 atom stereocenters. The van der Waals surface area contributed by atoms with E-state index in [0.717, 1.165) is 18.4 Å². The van der Waals surface area contributed by atoms with E-state index in [0.29, 0.717) is 28.4 Å². The topological polar surface area (TPSA) is 94.5 Å². The number of methoxy groups -OCH3 is 1. The monoisotopic (exact) mass is 440 g/mol. The van der Waals surface area contributed by atoms with E-state index in [4.69, 9.17) is 4.74 Å². The first-order chi connectivity index (χ1) is 14.7. The number of benzene rings is 2. The molecule has 2 aromatic carbocycles.